The lowest BCUT2D eigenvalue weighted by Gasteiger charge is -1.90. The van der Waals surface area contributed by atoms with Crippen LogP contribution in [0.5, 0.6) is 0 Å². The molecule has 0 fully saturated rings. The number of allylic oxidation sites excluding steroid dienone is 6. The van der Waals surface area contributed by atoms with E-state index in [9.17, 15) is 4.39 Å². The molecule has 1 rings (SSSR count). The van der Waals surface area contributed by atoms with Crippen LogP contribution in [0.3, 0.4) is 0 Å². The quantitative estimate of drug-likeness (QED) is 0.465. The van der Waals surface area contributed by atoms with Gasteiger partial charge in [-0.05, 0) is 25.0 Å². The Morgan fingerprint density at radius 1 is 1.56 bits per heavy atom. The van der Waals surface area contributed by atoms with Gasteiger partial charge >= 0.3 is 0 Å². The molecule has 0 radical (unpaired) electrons. The summed E-state index contributed by atoms with van der Waals surface area (Å²) in [4.78, 5) is 0. The summed E-state index contributed by atoms with van der Waals surface area (Å²) < 4.78 is 12.6. The average molecular weight is 124 g/mol. The van der Waals surface area contributed by atoms with Gasteiger partial charge in [0.05, 0.1) is 0 Å². The predicted octanol–water partition coefficient (Wildman–Crippen LogP) is 2.75. The Kier molecular flexibility index (Phi) is 1.83. The van der Waals surface area contributed by atoms with Crippen molar-refractivity contribution in [3.63, 3.8) is 0 Å². The molecular formula is C8H9F. The molecule has 0 aromatic carbocycles. The standard InChI is InChI=1S/C8H9F/c1-7-5-3-2-4-6-8(7)9/h2-3,5-6H,4H2,1H3. The first-order valence-electron chi connectivity index (χ1n) is 3.00. The highest BCUT2D eigenvalue weighted by Crippen LogP contribution is 2.14. The molecule has 0 aromatic rings. The zero-order valence-electron chi connectivity index (χ0n) is 5.39. The van der Waals surface area contributed by atoms with Crippen LogP contribution in [-0.2, 0) is 0 Å². The summed E-state index contributed by atoms with van der Waals surface area (Å²) >= 11 is 0. The molecule has 0 heterocycles. The molecule has 0 spiro atoms. The van der Waals surface area contributed by atoms with Crippen LogP contribution in [0.25, 0.3) is 0 Å². The van der Waals surface area contributed by atoms with E-state index >= 15 is 0 Å². The van der Waals surface area contributed by atoms with E-state index in [0.29, 0.717) is 12.0 Å². The summed E-state index contributed by atoms with van der Waals surface area (Å²) in [6.45, 7) is 1.77. The maximum atomic E-state index is 12.6. The Morgan fingerprint density at radius 3 is 3.11 bits per heavy atom. The summed E-state index contributed by atoms with van der Waals surface area (Å²) in [5, 5.41) is 0. The van der Waals surface area contributed by atoms with E-state index in [1.165, 1.54) is 0 Å². The van der Waals surface area contributed by atoms with Gasteiger partial charge in [-0.3, -0.25) is 0 Å². The first kappa shape index (κ1) is 6.27. The Labute approximate surface area is 54.4 Å². The van der Waals surface area contributed by atoms with Gasteiger partial charge in [-0.1, -0.05) is 18.2 Å². The summed E-state index contributed by atoms with van der Waals surface area (Å²) in [5.74, 6) is -0.0972. The Hall–Kier alpha value is -0.850. The van der Waals surface area contributed by atoms with Crippen LogP contribution in [0.15, 0.2) is 35.7 Å². The highest BCUT2D eigenvalue weighted by atomic mass is 19.1. The fourth-order valence-corrected chi connectivity index (χ4v) is 0.703. The van der Waals surface area contributed by atoms with Crippen LogP contribution >= 0.6 is 0 Å². The van der Waals surface area contributed by atoms with E-state index in [1.54, 1.807) is 19.1 Å². The normalized spacial score (nSPS) is 18.4. The highest BCUT2D eigenvalue weighted by molar-refractivity contribution is 5.30. The van der Waals surface area contributed by atoms with E-state index in [0.717, 1.165) is 0 Å². The topological polar surface area (TPSA) is 0 Å². The molecule has 0 nitrogen and oxygen atoms in total. The third-order valence-electron chi connectivity index (χ3n) is 1.29. The summed E-state index contributed by atoms with van der Waals surface area (Å²) in [6, 6.07) is 0. The molecule has 1 aliphatic rings. The monoisotopic (exact) mass is 124 g/mol. The molecule has 9 heavy (non-hydrogen) atoms. The minimum atomic E-state index is -0.0972. The van der Waals surface area contributed by atoms with Crippen molar-refractivity contribution in [3.05, 3.63) is 35.7 Å². The first-order chi connectivity index (χ1) is 4.30. The molecule has 0 atom stereocenters. The van der Waals surface area contributed by atoms with Crippen LogP contribution in [0, 0.1) is 0 Å². The Morgan fingerprint density at radius 2 is 2.33 bits per heavy atom. The second kappa shape index (κ2) is 2.62. The van der Waals surface area contributed by atoms with E-state index < -0.39 is 0 Å². The van der Waals surface area contributed by atoms with Crippen molar-refractivity contribution in [3.8, 4) is 0 Å². The van der Waals surface area contributed by atoms with Crippen LogP contribution in [0.4, 0.5) is 4.39 Å². The molecule has 0 unspecified atom stereocenters. The minimum Gasteiger partial charge on any atom is -0.207 e. The lowest BCUT2D eigenvalue weighted by atomic mass is 10.2. The van der Waals surface area contributed by atoms with Gasteiger partial charge in [-0.15, -0.1) is 0 Å². The predicted molar refractivity (Wildman–Crippen MR) is 36.7 cm³/mol. The summed E-state index contributed by atoms with van der Waals surface area (Å²) in [7, 11) is 0. The molecule has 0 amide bonds. The molecule has 1 heteroatoms. The van der Waals surface area contributed by atoms with Gasteiger partial charge < -0.3 is 0 Å². The third kappa shape index (κ3) is 1.53. The third-order valence-corrected chi connectivity index (χ3v) is 1.29. The fraction of sp³-hybridized carbons (Fsp3) is 0.250. The van der Waals surface area contributed by atoms with E-state index in [4.69, 9.17) is 0 Å². The molecule has 0 bridgehead atoms. The molecule has 0 aromatic heterocycles. The van der Waals surface area contributed by atoms with Gasteiger partial charge in [0, 0.05) is 0 Å². The van der Waals surface area contributed by atoms with Crippen molar-refractivity contribution in [2.45, 2.75) is 13.3 Å². The van der Waals surface area contributed by atoms with Crippen LogP contribution in [-0.4, -0.2) is 0 Å². The van der Waals surface area contributed by atoms with Gasteiger partial charge in [0.1, 0.15) is 5.83 Å². The van der Waals surface area contributed by atoms with E-state index in [1.807, 2.05) is 12.2 Å². The van der Waals surface area contributed by atoms with Gasteiger partial charge in [-0.2, -0.15) is 0 Å². The van der Waals surface area contributed by atoms with Gasteiger partial charge in [-0.25, -0.2) is 4.39 Å². The lowest BCUT2D eigenvalue weighted by molar-refractivity contribution is 0.648. The van der Waals surface area contributed by atoms with Gasteiger partial charge in [0.25, 0.3) is 0 Å². The van der Waals surface area contributed by atoms with Crippen molar-refractivity contribution in [2.75, 3.05) is 0 Å². The number of hydrogen-bond acceptors (Lipinski definition) is 0. The smallest absolute Gasteiger partial charge is 0.122 e. The van der Waals surface area contributed by atoms with E-state index in [-0.39, 0.29) is 5.83 Å². The van der Waals surface area contributed by atoms with Crippen molar-refractivity contribution in [2.24, 2.45) is 0 Å². The second-order valence-electron chi connectivity index (χ2n) is 2.07. The van der Waals surface area contributed by atoms with Gasteiger partial charge in [0.2, 0.25) is 0 Å². The molecule has 1 aliphatic carbocycles. The molecule has 0 saturated carbocycles. The zero-order valence-corrected chi connectivity index (χ0v) is 5.39. The first-order valence-corrected chi connectivity index (χ1v) is 3.00. The molecule has 48 valence electrons. The number of hydrogen-bond donors (Lipinski definition) is 0. The summed E-state index contributed by atoms with van der Waals surface area (Å²) in [5.41, 5.74) is 0.712. The van der Waals surface area contributed by atoms with Crippen LogP contribution in [0.1, 0.15) is 13.3 Å². The Bertz CT molecular complexity index is 185. The lowest BCUT2D eigenvalue weighted by Crippen LogP contribution is -1.72. The number of halogens is 1. The van der Waals surface area contributed by atoms with Crippen molar-refractivity contribution < 1.29 is 4.39 Å². The van der Waals surface area contributed by atoms with E-state index in [2.05, 4.69) is 0 Å². The SMILES string of the molecule is CC1=CC=CCC=C1F. The molecule has 0 aliphatic heterocycles. The highest BCUT2D eigenvalue weighted by Gasteiger charge is 1.96. The van der Waals surface area contributed by atoms with Crippen molar-refractivity contribution in [1.29, 1.82) is 0 Å². The maximum Gasteiger partial charge on any atom is 0.122 e. The molecular weight excluding hydrogens is 115 g/mol. The molecule has 0 saturated heterocycles. The fourth-order valence-electron chi connectivity index (χ4n) is 0.703. The number of rotatable bonds is 0. The minimum absolute atomic E-state index is 0.0972. The zero-order chi connectivity index (χ0) is 6.69. The van der Waals surface area contributed by atoms with Crippen molar-refractivity contribution >= 4 is 0 Å². The van der Waals surface area contributed by atoms with Crippen LogP contribution < -0.4 is 0 Å². The second-order valence-corrected chi connectivity index (χ2v) is 2.07. The average Bonchev–Trinajstić information content (AvgIpc) is 1.99. The molecule has 0 N–H and O–H groups in total. The summed E-state index contributed by atoms with van der Waals surface area (Å²) in [6.07, 6.45) is 7.86. The van der Waals surface area contributed by atoms with Crippen molar-refractivity contribution in [1.82, 2.24) is 0 Å². The van der Waals surface area contributed by atoms with Crippen LogP contribution in [0.2, 0.25) is 0 Å². The maximum absolute atomic E-state index is 12.6. The Balaban J connectivity index is 2.85. The largest absolute Gasteiger partial charge is 0.207 e. The van der Waals surface area contributed by atoms with Gasteiger partial charge in [0.15, 0.2) is 0 Å².